The molecular weight excluding hydrogens is 272 g/mol. The average molecular weight is 285 g/mol. The summed E-state index contributed by atoms with van der Waals surface area (Å²) in [4.78, 5) is 12.4. The molecule has 0 radical (unpaired) electrons. The van der Waals surface area contributed by atoms with Gasteiger partial charge in [-0.05, 0) is 42.5 Å². The van der Waals surface area contributed by atoms with E-state index in [1.165, 1.54) is 0 Å². The summed E-state index contributed by atoms with van der Waals surface area (Å²) in [6.07, 6.45) is 1.95. The Morgan fingerprint density at radius 3 is 2.60 bits per heavy atom. The van der Waals surface area contributed by atoms with Gasteiger partial charge in [-0.25, -0.2) is 0 Å². The number of carbonyl (C=O) groups excluding carboxylic acids is 1. The van der Waals surface area contributed by atoms with Gasteiger partial charge in [0.25, 0.3) is 5.91 Å². The van der Waals surface area contributed by atoms with Crippen molar-refractivity contribution >= 4 is 34.1 Å². The Hall–Kier alpha value is -2.26. The first-order valence-corrected chi connectivity index (χ1v) is 6.64. The van der Waals surface area contributed by atoms with E-state index >= 15 is 0 Å². The number of carbonyl (C=O) groups is 1. The minimum absolute atomic E-state index is 0.121. The number of hydrogen-bond donors (Lipinski definition) is 1. The molecule has 1 N–H and O–H groups in total. The van der Waals surface area contributed by atoms with E-state index in [1.807, 2.05) is 42.1 Å². The Kier molecular flexibility index (Phi) is 3.20. The summed E-state index contributed by atoms with van der Waals surface area (Å²) in [7, 11) is 1.96. The third-order valence-corrected chi connectivity index (χ3v) is 3.53. The highest BCUT2D eigenvalue weighted by Gasteiger charge is 2.11. The van der Waals surface area contributed by atoms with E-state index in [2.05, 4.69) is 5.32 Å². The Labute approximate surface area is 121 Å². The largest absolute Gasteiger partial charge is 0.351 e. The SMILES string of the molecule is Cn1ccc2c(C(=O)Nc3ccc(Cl)cc3)cccc21. The molecule has 0 aliphatic heterocycles. The van der Waals surface area contributed by atoms with Gasteiger partial charge in [-0.1, -0.05) is 17.7 Å². The third-order valence-electron chi connectivity index (χ3n) is 3.27. The lowest BCUT2D eigenvalue weighted by Gasteiger charge is -2.07. The fraction of sp³-hybridized carbons (Fsp3) is 0.0625. The number of anilines is 1. The molecule has 0 aliphatic carbocycles. The molecule has 0 saturated carbocycles. The van der Waals surface area contributed by atoms with Crippen LogP contribution in [0.15, 0.2) is 54.7 Å². The first kappa shape index (κ1) is 12.8. The van der Waals surface area contributed by atoms with Crippen molar-refractivity contribution in [3.63, 3.8) is 0 Å². The molecule has 0 fully saturated rings. The van der Waals surface area contributed by atoms with Gasteiger partial charge in [0.1, 0.15) is 0 Å². The molecule has 1 amide bonds. The molecule has 2 aromatic carbocycles. The first-order valence-electron chi connectivity index (χ1n) is 6.26. The Bertz CT molecular complexity index is 775. The predicted octanol–water partition coefficient (Wildman–Crippen LogP) is 4.08. The quantitative estimate of drug-likeness (QED) is 0.756. The van der Waals surface area contributed by atoms with Gasteiger partial charge in [-0.15, -0.1) is 0 Å². The monoisotopic (exact) mass is 284 g/mol. The van der Waals surface area contributed by atoms with E-state index in [0.717, 1.165) is 16.6 Å². The van der Waals surface area contributed by atoms with E-state index < -0.39 is 0 Å². The molecule has 4 heteroatoms. The zero-order valence-electron chi connectivity index (χ0n) is 10.9. The summed E-state index contributed by atoms with van der Waals surface area (Å²) >= 11 is 5.83. The fourth-order valence-corrected chi connectivity index (χ4v) is 2.36. The second kappa shape index (κ2) is 5.02. The molecule has 20 heavy (non-hydrogen) atoms. The van der Waals surface area contributed by atoms with E-state index in [9.17, 15) is 4.79 Å². The Morgan fingerprint density at radius 2 is 1.85 bits per heavy atom. The Balaban J connectivity index is 1.94. The van der Waals surface area contributed by atoms with Crippen LogP contribution in [0.1, 0.15) is 10.4 Å². The number of nitrogens with zero attached hydrogens (tertiary/aromatic N) is 1. The topological polar surface area (TPSA) is 34.0 Å². The minimum atomic E-state index is -0.121. The fourth-order valence-electron chi connectivity index (χ4n) is 2.23. The molecule has 0 unspecified atom stereocenters. The highest BCUT2D eigenvalue weighted by molar-refractivity contribution is 6.30. The van der Waals surface area contributed by atoms with E-state index in [1.54, 1.807) is 24.3 Å². The van der Waals surface area contributed by atoms with Crippen LogP contribution in [-0.4, -0.2) is 10.5 Å². The van der Waals surface area contributed by atoms with E-state index in [0.29, 0.717) is 10.6 Å². The van der Waals surface area contributed by atoms with Crippen molar-refractivity contribution in [2.45, 2.75) is 0 Å². The van der Waals surface area contributed by atoms with Crippen molar-refractivity contribution in [3.05, 3.63) is 65.3 Å². The summed E-state index contributed by atoms with van der Waals surface area (Å²) in [6.45, 7) is 0. The van der Waals surface area contributed by atoms with E-state index in [4.69, 9.17) is 11.6 Å². The standard InChI is InChI=1S/C16H13ClN2O/c1-19-10-9-13-14(3-2-4-15(13)19)16(20)18-12-7-5-11(17)6-8-12/h2-10H,1H3,(H,18,20). The lowest BCUT2D eigenvalue weighted by Crippen LogP contribution is -2.12. The minimum Gasteiger partial charge on any atom is -0.351 e. The van der Waals surface area contributed by atoms with Crippen molar-refractivity contribution in [2.75, 3.05) is 5.32 Å². The number of fused-ring (bicyclic) bond motifs is 1. The number of rotatable bonds is 2. The molecule has 1 heterocycles. The highest BCUT2D eigenvalue weighted by atomic mass is 35.5. The number of nitrogens with one attached hydrogen (secondary N) is 1. The molecule has 3 nitrogen and oxygen atoms in total. The van der Waals surface area contributed by atoms with Gasteiger partial charge in [-0.3, -0.25) is 4.79 Å². The molecule has 1 aromatic heterocycles. The summed E-state index contributed by atoms with van der Waals surface area (Å²) in [5.74, 6) is -0.121. The highest BCUT2D eigenvalue weighted by Crippen LogP contribution is 2.21. The van der Waals surface area contributed by atoms with Crippen LogP contribution in [0.3, 0.4) is 0 Å². The molecule has 0 atom stereocenters. The van der Waals surface area contributed by atoms with Crippen LogP contribution in [-0.2, 0) is 7.05 Å². The van der Waals surface area contributed by atoms with Gasteiger partial charge in [-0.2, -0.15) is 0 Å². The summed E-state index contributed by atoms with van der Waals surface area (Å²) in [6, 6.07) is 14.7. The molecule has 100 valence electrons. The van der Waals surface area contributed by atoms with E-state index in [-0.39, 0.29) is 5.91 Å². The first-order chi connectivity index (χ1) is 9.65. The number of benzene rings is 2. The maximum Gasteiger partial charge on any atom is 0.256 e. The summed E-state index contributed by atoms with van der Waals surface area (Å²) < 4.78 is 1.99. The summed E-state index contributed by atoms with van der Waals surface area (Å²) in [5, 5.41) is 4.47. The van der Waals surface area contributed by atoms with Crippen LogP contribution in [0.4, 0.5) is 5.69 Å². The maximum absolute atomic E-state index is 12.4. The van der Waals surface area contributed by atoms with Crippen molar-refractivity contribution in [1.29, 1.82) is 0 Å². The molecule has 0 saturated heterocycles. The predicted molar refractivity (Wildman–Crippen MR) is 82.3 cm³/mol. The van der Waals surface area contributed by atoms with Crippen LogP contribution in [0.2, 0.25) is 5.02 Å². The average Bonchev–Trinajstić information content (AvgIpc) is 2.83. The van der Waals surface area contributed by atoms with Crippen LogP contribution < -0.4 is 5.32 Å². The lowest BCUT2D eigenvalue weighted by atomic mass is 10.1. The van der Waals surface area contributed by atoms with Gasteiger partial charge >= 0.3 is 0 Å². The van der Waals surface area contributed by atoms with Gasteiger partial charge in [0.15, 0.2) is 0 Å². The molecule has 0 aliphatic rings. The third kappa shape index (κ3) is 2.28. The molecule has 0 bridgehead atoms. The second-order valence-electron chi connectivity index (χ2n) is 4.63. The van der Waals surface area contributed by atoms with Crippen LogP contribution >= 0.6 is 11.6 Å². The van der Waals surface area contributed by atoms with Crippen molar-refractivity contribution < 1.29 is 4.79 Å². The maximum atomic E-state index is 12.4. The number of halogens is 1. The smallest absolute Gasteiger partial charge is 0.256 e. The van der Waals surface area contributed by atoms with Crippen LogP contribution in [0.25, 0.3) is 10.9 Å². The lowest BCUT2D eigenvalue weighted by molar-refractivity contribution is 0.102. The zero-order chi connectivity index (χ0) is 14.1. The second-order valence-corrected chi connectivity index (χ2v) is 5.06. The van der Waals surface area contributed by atoms with Gasteiger partial charge in [0.2, 0.25) is 0 Å². The molecule has 3 rings (SSSR count). The van der Waals surface area contributed by atoms with Crippen LogP contribution in [0.5, 0.6) is 0 Å². The summed E-state index contributed by atoms with van der Waals surface area (Å²) in [5.41, 5.74) is 2.43. The molecule has 3 aromatic rings. The normalized spacial score (nSPS) is 10.7. The van der Waals surface area contributed by atoms with Crippen molar-refractivity contribution in [3.8, 4) is 0 Å². The molecular formula is C16H13ClN2O. The van der Waals surface area contributed by atoms with Gasteiger partial charge in [0, 0.05) is 40.4 Å². The molecule has 0 spiro atoms. The van der Waals surface area contributed by atoms with Gasteiger partial charge in [0.05, 0.1) is 0 Å². The van der Waals surface area contributed by atoms with Crippen molar-refractivity contribution in [1.82, 2.24) is 4.57 Å². The Morgan fingerprint density at radius 1 is 1.10 bits per heavy atom. The number of aryl methyl sites for hydroxylation is 1. The number of hydrogen-bond acceptors (Lipinski definition) is 1. The van der Waals surface area contributed by atoms with Crippen molar-refractivity contribution in [2.24, 2.45) is 7.05 Å². The van der Waals surface area contributed by atoms with Crippen LogP contribution in [0, 0.1) is 0 Å². The van der Waals surface area contributed by atoms with Gasteiger partial charge < -0.3 is 9.88 Å². The number of aromatic nitrogens is 1. The zero-order valence-corrected chi connectivity index (χ0v) is 11.7. The number of amides is 1.